The van der Waals surface area contributed by atoms with Crippen LogP contribution in [0, 0.1) is 5.82 Å². The van der Waals surface area contributed by atoms with Crippen molar-refractivity contribution in [3.63, 3.8) is 0 Å². The van der Waals surface area contributed by atoms with Gasteiger partial charge in [0.2, 0.25) is 5.91 Å². The molecule has 0 bridgehead atoms. The first kappa shape index (κ1) is 17.7. The number of benzene rings is 1. The summed E-state index contributed by atoms with van der Waals surface area (Å²) >= 11 is 0. The van der Waals surface area contributed by atoms with E-state index in [0.717, 1.165) is 24.1 Å². The SMILES string of the molecule is O=C(NCCCC(=O)N1CCc2cc(F)ccc21)NC1CCCCC1. The van der Waals surface area contributed by atoms with E-state index in [4.69, 9.17) is 0 Å². The molecule has 2 N–H and O–H groups in total. The zero-order chi connectivity index (χ0) is 17.6. The van der Waals surface area contributed by atoms with Gasteiger partial charge in [-0.25, -0.2) is 9.18 Å². The van der Waals surface area contributed by atoms with Crippen molar-refractivity contribution in [2.45, 2.75) is 57.4 Å². The molecule has 0 spiro atoms. The molecule has 1 fully saturated rings. The van der Waals surface area contributed by atoms with Gasteiger partial charge in [0.25, 0.3) is 0 Å². The van der Waals surface area contributed by atoms with Crippen LogP contribution < -0.4 is 15.5 Å². The summed E-state index contributed by atoms with van der Waals surface area (Å²) in [6, 6.07) is 4.71. The maximum atomic E-state index is 13.2. The third-order valence-corrected chi connectivity index (χ3v) is 5.03. The van der Waals surface area contributed by atoms with Crippen LogP contribution in [0.1, 0.15) is 50.5 Å². The average Bonchev–Trinajstić information content (AvgIpc) is 3.02. The summed E-state index contributed by atoms with van der Waals surface area (Å²) in [6.45, 7) is 1.08. The standard InChI is InChI=1S/C19H26FN3O2/c20-15-8-9-17-14(13-15)10-12-23(17)18(24)7-4-11-21-19(25)22-16-5-2-1-3-6-16/h8-9,13,16H,1-7,10-12H2,(H2,21,22,25). The van der Waals surface area contributed by atoms with Gasteiger partial charge in [0.15, 0.2) is 0 Å². The van der Waals surface area contributed by atoms with Gasteiger partial charge in [-0.15, -0.1) is 0 Å². The largest absolute Gasteiger partial charge is 0.338 e. The number of anilines is 1. The molecule has 3 amide bonds. The number of fused-ring (bicyclic) bond motifs is 1. The quantitative estimate of drug-likeness (QED) is 0.804. The second-order valence-corrected chi connectivity index (χ2v) is 6.91. The lowest BCUT2D eigenvalue weighted by Gasteiger charge is -2.23. The molecule has 1 saturated carbocycles. The van der Waals surface area contributed by atoms with Gasteiger partial charge in [-0.05, 0) is 49.4 Å². The van der Waals surface area contributed by atoms with Crippen molar-refractivity contribution in [3.05, 3.63) is 29.6 Å². The van der Waals surface area contributed by atoms with E-state index < -0.39 is 0 Å². The summed E-state index contributed by atoms with van der Waals surface area (Å²) in [4.78, 5) is 25.9. The van der Waals surface area contributed by atoms with Gasteiger partial charge in [0.1, 0.15) is 5.82 Å². The van der Waals surface area contributed by atoms with E-state index in [1.54, 1.807) is 11.0 Å². The molecule has 3 rings (SSSR count). The molecule has 0 unspecified atom stereocenters. The van der Waals surface area contributed by atoms with Crippen molar-refractivity contribution < 1.29 is 14.0 Å². The molecule has 1 aliphatic carbocycles. The number of rotatable bonds is 5. The van der Waals surface area contributed by atoms with E-state index in [9.17, 15) is 14.0 Å². The van der Waals surface area contributed by atoms with Crippen LogP contribution in [-0.2, 0) is 11.2 Å². The average molecular weight is 347 g/mol. The van der Waals surface area contributed by atoms with Crippen molar-refractivity contribution >= 4 is 17.6 Å². The predicted molar refractivity (Wildman–Crippen MR) is 95.1 cm³/mol. The number of hydrogen-bond acceptors (Lipinski definition) is 2. The molecule has 1 heterocycles. The lowest BCUT2D eigenvalue weighted by molar-refractivity contribution is -0.118. The number of amides is 3. The first-order chi connectivity index (χ1) is 12.1. The lowest BCUT2D eigenvalue weighted by atomic mass is 9.96. The number of hydrogen-bond donors (Lipinski definition) is 2. The molecule has 1 aromatic rings. The smallest absolute Gasteiger partial charge is 0.315 e. The molecule has 1 aromatic carbocycles. The topological polar surface area (TPSA) is 61.4 Å². The summed E-state index contributed by atoms with van der Waals surface area (Å²) in [7, 11) is 0. The first-order valence-electron chi connectivity index (χ1n) is 9.26. The number of halogens is 1. The molecule has 0 radical (unpaired) electrons. The molecule has 1 aliphatic heterocycles. The maximum absolute atomic E-state index is 13.2. The van der Waals surface area contributed by atoms with Crippen molar-refractivity contribution in [2.75, 3.05) is 18.0 Å². The van der Waals surface area contributed by atoms with Gasteiger partial charge in [-0.2, -0.15) is 0 Å². The van der Waals surface area contributed by atoms with E-state index in [1.165, 1.54) is 31.4 Å². The Hall–Kier alpha value is -2.11. The molecule has 5 nitrogen and oxygen atoms in total. The zero-order valence-electron chi connectivity index (χ0n) is 14.5. The molecule has 2 aliphatic rings. The van der Waals surface area contributed by atoms with Crippen LogP contribution in [0.5, 0.6) is 0 Å². The Morgan fingerprint density at radius 3 is 2.80 bits per heavy atom. The molecular formula is C19H26FN3O2. The van der Waals surface area contributed by atoms with Gasteiger partial charge < -0.3 is 15.5 Å². The van der Waals surface area contributed by atoms with E-state index in [2.05, 4.69) is 10.6 Å². The van der Waals surface area contributed by atoms with Gasteiger partial charge in [-0.3, -0.25) is 4.79 Å². The van der Waals surface area contributed by atoms with E-state index in [0.29, 0.717) is 32.4 Å². The summed E-state index contributed by atoms with van der Waals surface area (Å²) in [5, 5.41) is 5.83. The highest BCUT2D eigenvalue weighted by atomic mass is 19.1. The van der Waals surface area contributed by atoms with E-state index >= 15 is 0 Å². The Bertz CT molecular complexity index is 629. The Morgan fingerprint density at radius 1 is 1.20 bits per heavy atom. The Morgan fingerprint density at radius 2 is 2.00 bits per heavy atom. The van der Waals surface area contributed by atoms with E-state index in [1.807, 2.05) is 0 Å². The van der Waals surface area contributed by atoms with Gasteiger partial charge in [-0.1, -0.05) is 19.3 Å². The van der Waals surface area contributed by atoms with Crippen LogP contribution in [0.25, 0.3) is 0 Å². The Kier molecular flexibility index (Phi) is 5.89. The number of nitrogens with zero attached hydrogens (tertiary/aromatic N) is 1. The van der Waals surface area contributed by atoms with E-state index in [-0.39, 0.29) is 23.8 Å². The molecule has 0 saturated heterocycles. The molecule has 0 atom stereocenters. The zero-order valence-corrected chi connectivity index (χ0v) is 14.5. The molecule has 0 aromatic heterocycles. The fourth-order valence-electron chi connectivity index (χ4n) is 3.69. The van der Waals surface area contributed by atoms with Crippen molar-refractivity contribution in [3.8, 4) is 0 Å². The van der Waals surface area contributed by atoms with Gasteiger partial charge in [0.05, 0.1) is 0 Å². The van der Waals surface area contributed by atoms with Crippen molar-refractivity contribution in [1.29, 1.82) is 0 Å². The second kappa shape index (κ2) is 8.32. The fraction of sp³-hybridized carbons (Fsp3) is 0.579. The molecule has 6 heteroatoms. The highest BCUT2D eigenvalue weighted by molar-refractivity contribution is 5.95. The minimum atomic E-state index is -0.263. The maximum Gasteiger partial charge on any atom is 0.315 e. The van der Waals surface area contributed by atoms with Crippen LogP contribution in [0.4, 0.5) is 14.9 Å². The lowest BCUT2D eigenvalue weighted by Crippen LogP contribution is -2.43. The first-order valence-corrected chi connectivity index (χ1v) is 9.26. The number of nitrogens with one attached hydrogen (secondary N) is 2. The third-order valence-electron chi connectivity index (χ3n) is 5.03. The van der Waals surface area contributed by atoms with Crippen molar-refractivity contribution in [1.82, 2.24) is 10.6 Å². The number of urea groups is 1. The highest BCUT2D eigenvalue weighted by Crippen LogP contribution is 2.29. The number of carbonyl (C=O) groups excluding carboxylic acids is 2. The second-order valence-electron chi connectivity index (χ2n) is 6.91. The molecule has 136 valence electrons. The monoisotopic (exact) mass is 347 g/mol. The van der Waals surface area contributed by atoms with Crippen LogP contribution in [0.3, 0.4) is 0 Å². The van der Waals surface area contributed by atoms with Crippen LogP contribution >= 0.6 is 0 Å². The third kappa shape index (κ3) is 4.71. The van der Waals surface area contributed by atoms with Crippen LogP contribution in [0.15, 0.2) is 18.2 Å². The minimum absolute atomic E-state index is 0.0276. The van der Waals surface area contributed by atoms with Gasteiger partial charge in [0, 0.05) is 31.2 Å². The van der Waals surface area contributed by atoms with Crippen molar-refractivity contribution in [2.24, 2.45) is 0 Å². The number of carbonyl (C=O) groups is 2. The summed E-state index contributed by atoms with van der Waals surface area (Å²) in [5.74, 6) is -0.235. The summed E-state index contributed by atoms with van der Waals surface area (Å²) < 4.78 is 13.2. The molecule has 25 heavy (non-hydrogen) atoms. The molecular weight excluding hydrogens is 321 g/mol. The Balaban J connectivity index is 1.37. The predicted octanol–water partition coefficient (Wildman–Crippen LogP) is 3.13. The minimum Gasteiger partial charge on any atom is -0.338 e. The van der Waals surface area contributed by atoms with Crippen LogP contribution in [0.2, 0.25) is 0 Å². The summed E-state index contributed by atoms with van der Waals surface area (Å²) in [6.07, 6.45) is 7.41. The Labute approximate surface area is 148 Å². The normalized spacial score (nSPS) is 17.2. The fourth-order valence-corrected chi connectivity index (χ4v) is 3.69. The summed E-state index contributed by atoms with van der Waals surface area (Å²) in [5.41, 5.74) is 1.70. The van der Waals surface area contributed by atoms with Crippen LogP contribution in [-0.4, -0.2) is 31.1 Å². The van der Waals surface area contributed by atoms with Gasteiger partial charge >= 0.3 is 6.03 Å². The highest BCUT2D eigenvalue weighted by Gasteiger charge is 2.24.